The van der Waals surface area contributed by atoms with Gasteiger partial charge in [0.15, 0.2) is 0 Å². The Morgan fingerprint density at radius 2 is 0.440 bits per heavy atom. The number of hydrogen-bond acceptors (Lipinski definition) is 12. The molecule has 0 amide bonds. The first-order chi connectivity index (χ1) is 36.1. The van der Waals surface area contributed by atoms with Crippen LogP contribution in [0.25, 0.3) is 0 Å². The molecule has 3 atom stereocenters. The van der Waals surface area contributed by atoms with Gasteiger partial charge in [0.05, 0.1) is 0 Å². The van der Waals surface area contributed by atoms with Gasteiger partial charge in [-0.3, -0.25) is 0 Å². The van der Waals surface area contributed by atoms with E-state index >= 15 is 0 Å². The SMILES string of the molecule is CCN(CC)C(=S)SCc1ccc(CPSC(=S)N(CC)CC)cc1.CCN(CC)C(=S)SCc1ccc(CSC(=S)N(CC)CC)cc1.CCN(CC)C(=S)SPCc1ccc(CPSC(=S)N(CC)CC)cc1. The zero-order valence-electron chi connectivity index (χ0n) is 46.7. The molecule has 0 bridgehead atoms. The molecule has 3 aromatic carbocycles. The molecule has 0 spiro atoms. The van der Waals surface area contributed by atoms with Gasteiger partial charge in [-0.1, -0.05) is 216 Å². The molecule has 420 valence electrons. The molecule has 0 saturated carbocycles. The summed E-state index contributed by atoms with van der Waals surface area (Å²) >= 11 is 43.6. The maximum atomic E-state index is 5.49. The maximum absolute atomic E-state index is 5.49. The molecule has 75 heavy (non-hydrogen) atoms. The van der Waals surface area contributed by atoms with Crippen molar-refractivity contribution in [2.24, 2.45) is 0 Å². The molecular formula is C54H87N6P3S12. The summed E-state index contributed by atoms with van der Waals surface area (Å²) in [6.07, 6.45) is 3.27. The van der Waals surface area contributed by atoms with Gasteiger partial charge < -0.3 is 29.4 Å². The zero-order chi connectivity index (χ0) is 56.0. The standard InChI is InChI=1S/C18H30N2P2S4.C18H29N2PS4.C18H28N2S4/c1-5-19(6-2)17(23)25-21-13-15-9-11-16(12-10-15)14-22-26-18(24)20(7-3)8-4;1-5-19(6-2)17(22)24-14-16-11-9-15(10-12-16)13-21-25-18(23)20(7-3)8-4;1-5-19(6-2)17(21)23-13-15-9-11-16(12-10-15)14-24-18(22)20(7-3)8-4/h9-12,21-22H,5-8,13-14H2,1-4H3;9-12,21H,5-8,13-14H2,1-4H3;9-12H,5-8,13-14H2,1-4H3. The molecule has 0 radical (unpaired) electrons. The average Bonchev–Trinajstić information content (AvgIpc) is 3.42. The van der Waals surface area contributed by atoms with Gasteiger partial charge in [0.25, 0.3) is 0 Å². The van der Waals surface area contributed by atoms with E-state index < -0.39 is 0 Å². The van der Waals surface area contributed by atoms with E-state index in [-0.39, 0.29) is 0 Å². The third-order valence-corrected chi connectivity index (χ3v) is 27.0. The van der Waals surface area contributed by atoms with Crippen molar-refractivity contribution in [3.8, 4) is 0 Å². The molecule has 6 nitrogen and oxygen atoms in total. The number of hydrogen-bond donors (Lipinski definition) is 0. The molecule has 0 aromatic heterocycles. The normalized spacial score (nSPS) is 11.0. The van der Waals surface area contributed by atoms with Gasteiger partial charge in [0.2, 0.25) is 0 Å². The third kappa shape index (κ3) is 31.4. The van der Waals surface area contributed by atoms with Crippen LogP contribution in [-0.4, -0.2) is 134 Å². The predicted molar refractivity (Wildman–Crippen MR) is 385 cm³/mol. The first-order valence-corrected chi connectivity index (χ1v) is 39.8. The van der Waals surface area contributed by atoms with Crippen molar-refractivity contribution in [2.45, 2.75) is 119 Å². The van der Waals surface area contributed by atoms with Crippen LogP contribution in [0, 0.1) is 0 Å². The Morgan fingerprint density at radius 1 is 0.280 bits per heavy atom. The van der Waals surface area contributed by atoms with E-state index in [9.17, 15) is 0 Å². The molecule has 0 fully saturated rings. The summed E-state index contributed by atoms with van der Waals surface area (Å²) in [7, 11) is 2.36. The summed E-state index contributed by atoms with van der Waals surface area (Å²) in [5.74, 6) is 2.81. The van der Waals surface area contributed by atoms with Crippen molar-refractivity contribution >= 4 is 192 Å². The van der Waals surface area contributed by atoms with E-state index in [1.54, 1.807) is 35.3 Å². The van der Waals surface area contributed by atoms with Crippen LogP contribution in [0.3, 0.4) is 0 Å². The number of nitrogens with zero attached hydrogens (tertiary/aromatic N) is 6. The van der Waals surface area contributed by atoms with Crippen molar-refractivity contribution in [3.05, 3.63) is 106 Å². The van der Waals surface area contributed by atoms with E-state index in [0.29, 0.717) is 0 Å². The Hall–Kier alpha value is 0.390. The van der Waals surface area contributed by atoms with Crippen LogP contribution in [-0.2, 0) is 35.7 Å². The van der Waals surface area contributed by atoms with Crippen molar-refractivity contribution in [3.63, 3.8) is 0 Å². The fourth-order valence-electron chi connectivity index (χ4n) is 6.60. The summed E-state index contributed by atoms with van der Waals surface area (Å²) in [6.45, 7) is 37.7. The summed E-state index contributed by atoms with van der Waals surface area (Å²) in [5, 5.41) is 0. The second-order valence-corrected chi connectivity index (χ2v) is 31.1. The van der Waals surface area contributed by atoms with Gasteiger partial charge in [-0.05, 0) is 158 Å². The minimum atomic E-state index is 0.780. The molecule has 21 heteroatoms. The van der Waals surface area contributed by atoms with Crippen LogP contribution >= 0.6 is 166 Å². The maximum Gasteiger partial charge on any atom is 0.140 e. The number of thioether (sulfide) groups is 3. The van der Waals surface area contributed by atoms with Gasteiger partial charge in [-0.15, -0.1) is 0 Å². The van der Waals surface area contributed by atoms with Crippen molar-refractivity contribution < 1.29 is 0 Å². The van der Waals surface area contributed by atoms with Gasteiger partial charge in [0, 0.05) is 95.8 Å². The lowest BCUT2D eigenvalue weighted by molar-refractivity contribution is 0.482. The highest BCUT2D eigenvalue weighted by Crippen LogP contribution is 2.38. The van der Waals surface area contributed by atoms with E-state index in [1.165, 1.54) is 33.4 Å². The lowest BCUT2D eigenvalue weighted by Crippen LogP contribution is -2.26. The fraction of sp³-hybridized carbons (Fsp3) is 0.556. The highest BCUT2D eigenvalue weighted by atomic mass is 32.7. The second-order valence-electron chi connectivity index (χ2n) is 16.2. The average molecular weight is 1300 g/mol. The molecule has 0 aliphatic heterocycles. The molecule has 0 saturated heterocycles. The molecule has 0 aliphatic rings. The lowest BCUT2D eigenvalue weighted by Gasteiger charge is -2.21. The van der Waals surface area contributed by atoms with Crippen LogP contribution in [0.5, 0.6) is 0 Å². The van der Waals surface area contributed by atoms with Gasteiger partial charge >= 0.3 is 0 Å². The van der Waals surface area contributed by atoms with Crippen LogP contribution in [0.2, 0.25) is 0 Å². The molecule has 3 unspecified atom stereocenters. The fourth-order valence-corrected chi connectivity index (χ4v) is 20.4. The van der Waals surface area contributed by atoms with E-state index in [0.717, 1.165) is 164 Å². The van der Waals surface area contributed by atoms with Gasteiger partial charge in [0.1, 0.15) is 25.9 Å². The summed E-state index contributed by atoms with van der Waals surface area (Å²) in [5.41, 5.74) is 8.14. The quantitative estimate of drug-likeness (QED) is 0.0533. The predicted octanol–water partition coefficient (Wildman–Crippen LogP) is 18.0. The number of rotatable bonds is 27. The minimum absolute atomic E-state index is 0.780. The van der Waals surface area contributed by atoms with Gasteiger partial charge in [-0.25, -0.2) is 0 Å². The van der Waals surface area contributed by atoms with Crippen molar-refractivity contribution in [1.82, 2.24) is 29.4 Å². The monoisotopic (exact) mass is 1300 g/mol. The van der Waals surface area contributed by atoms with Crippen LogP contribution in [0.4, 0.5) is 0 Å². The number of thiocarbonyl (C=S) groups is 6. The Morgan fingerprint density at radius 3 is 0.613 bits per heavy atom. The first kappa shape index (κ1) is 73.4. The third-order valence-electron chi connectivity index (χ3n) is 11.6. The van der Waals surface area contributed by atoms with E-state index in [1.807, 2.05) is 34.1 Å². The molecular weight excluding hydrogens is 1210 g/mol. The van der Waals surface area contributed by atoms with Crippen LogP contribution in [0.15, 0.2) is 72.8 Å². The lowest BCUT2D eigenvalue weighted by atomic mass is 10.2. The summed E-state index contributed by atoms with van der Waals surface area (Å²) in [6, 6.07) is 26.8. The second kappa shape index (κ2) is 45.9. The Bertz CT molecular complexity index is 1950. The molecule has 3 rings (SSSR count). The van der Waals surface area contributed by atoms with Crippen LogP contribution < -0.4 is 0 Å². The summed E-state index contributed by atoms with van der Waals surface area (Å²) < 4.78 is 6.08. The Labute approximate surface area is 519 Å². The molecule has 0 N–H and O–H groups in total. The van der Waals surface area contributed by atoms with Crippen molar-refractivity contribution in [1.29, 1.82) is 0 Å². The summed E-state index contributed by atoms with van der Waals surface area (Å²) in [4.78, 5) is 13.4. The number of benzene rings is 3. The van der Waals surface area contributed by atoms with Crippen molar-refractivity contribution in [2.75, 3.05) is 78.5 Å². The van der Waals surface area contributed by atoms with Gasteiger partial charge in [-0.2, -0.15) is 0 Å². The topological polar surface area (TPSA) is 19.4 Å². The minimum Gasteiger partial charge on any atom is -0.358 e. The highest BCUT2D eigenvalue weighted by molar-refractivity contribution is 8.60. The smallest absolute Gasteiger partial charge is 0.140 e. The molecule has 3 aromatic rings. The first-order valence-electron chi connectivity index (χ1n) is 26.2. The Kier molecular flexibility index (Phi) is 45.0. The highest BCUT2D eigenvalue weighted by Gasteiger charge is 2.12. The van der Waals surface area contributed by atoms with Crippen LogP contribution in [0.1, 0.15) is 116 Å². The molecule has 0 heterocycles. The molecule has 0 aliphatic carbocycles. The largest absolute Gasteiger partial charge is 0.358 e. The zero-order valence-corrected chi connectivity index (χ0v) is 59.5. The van der Waals surface area contributed by atoms with E-state index in [4.69, 9.17) is 73.3 Å². The Balaban J connectivity index is 0.000000563. The van der Waals surface area contributed by atoms with E-state index in [2.05, 4.69) is 185 Å².